The Morgan fingerprint density at radius 3 is 1.56 bits per heavy atom. The molecule has 0 rings (SSSR count). The minimum atomic E-state index is -0.211. The Morgan fingerprint density at radius 1 is 1.00 bits per heavy atom. The van der Waals surface area contributed by atoms with Crippen LogP contribution in [0.5, 0.6) is 0 Å². The van der Waals surface area contributed by atoms with Crippen LogP contribution in [-0.2, 0) is 0 Å². The maximum Gasteiger partial charge on any atom is 0.0975 e. The fraction of sp³-hybridized carbons (Fsp3) is 1.00. The van der Waals surface area contributed by atoms with Crippen molar-refractivity contribution in [2.75, 3.05) is 26.6 Å². The van der Waals surface area contributed by atoms with E-state index < -0.39 is 0 Å². The van der Waals surface area contributed by atoms with Crippen molar-refractivity contribution in [1.29, 1.82) is 0 Å². The Bertz CT molecular complexity index is 51.1. The second-order valence-corrected chi connectivity index (χ2v) is 1.40. The van der Waals surface area contributed by atoms with Crippen molar-refractivity contribution >= 4 is 12.4 Å². The molecule has 0 aliphatic carbocycles. The minimum absolute atomic E-state index is 0. The molecule has 9 heavy (non-hydrogen) atoms. The molecule has 0 aromatic heterocycles. The Labute approximate surface area is 60.1 Å². The predicted molar refractivity (Wildman–Crippen MR) is 35.2 cm³/mol. The number of hydrogen-bond donors (Lipinski definition) is 3. The van der Waals surface area contributed by atoms with Gasteiger partial charge >= 0.3 is 0 Å². The van der Waals surface area contributed by atoms with E-state index in [0.717, 1.165) is 0 Å². The first kappa shape index (κ1) is 11.9. The number of aliphatic hydroxyl groups excluding tert-OH is 3. The highest BCUT2D eigenvalue weighted by Gasteiger charge is 1.95. The molecular formula is C4H12ClNO3. The second kappa shape index (κ2) is 8.13. The van der Waals surface area contributed by atoms with E-state index in [2.05, 4.69) is 0 Å². The molecule has 0 amide bonds. The molecule has 4 nitrogen and oxygen atoms in total. The third-order valence-electron chi connectivity index (χ3n) is 0.816. The van der Waals surface area contributed by atoms with Crippen LogP contribution in [-0.4, -0.2) is 46.8 Å². The van der Waals surface area contributed by atoms with Gasteiger partial charge in [0.05, 0.1) is 20.1 Å². The summed E-state index contributed by atoms with van der Waals surface area (Å²) in [6.45, 7) is -0.151. The molecular weight excluding hydrogens is 146 g/mol. The van der Waals surface area contributed by atoms with E-state index in [1.165, 1.54) is 4.90 Å². The first-order chi connectivity index (χ1) is 3.85. The summed E-state index contributed by atoms with van der Waals surface area (Å²) < 4.78 is 0. The lowest BCUT2D eigenvalue weighted by atomic mass is 10.6. The van der Waals surface area contributed by atoms with Gasteiger partial charge in [-0.1, -0.05) is 0 Å². The van der Waals surface area contributed by atoms with E-state index in [1.807, 2.05) is 0 Å². The minimum Gasteiger partial charge on any atom is -0.395 e. The van der Waals surface area contributed by atoms with Gasteiger partial charge in [0.15, 0.2) is 0 Å². The highest BCUT2D eigenvalue weighted by molar-refractivity contribution is 5.85. The van der Waals surface area contributed by atoms with Crippen molar-refractivity contribution in [3.63, 3.8) is 0 Å². The fourth-order valence-electron chi connectivity index (χ4n) is 0.328. The smallest absolute Gasteiger partial charge is 0.0975 e. The van der Waals surface area contributed by atoms with Gasteiger partial charge in [0.1, 0.15) is 0 Å². The van der Waals surface area contributed by atoms with Crippen LogP contribution in [0.15, 0.2) is 0 Å². The van der Waals surface area contributed by atoms with Gasteiger partial charge in [-0.3, -0.25) is 4.90 Å². The SMILES string of the molecule is Cl.OCCN(CO)CO. The molecule has 0 aliphatic heterocycles. The van der Waals surface area contributed by atoms with Crippen molar-refractivity contribution in [1.82, 2.24) is 4.90 Å². The number of hydrogen-bond acceptors (Lipinski definition) is 4. The van der Waals surface area contributed by atoms with Crippen LogP contribution in [0, 0.1) is 0 Å². The standard InChI is InChI=1S/C4H11NO3.ClH/c6-2-1-5(3-7)4-8;/h6-8H,1-4H2;1H. The third-order valence-corrected chi connectivity index (χ3v) is 0.816. The average molecular weight is 158 g/mol. The van der Waals surface area contributed by atoms with Crippen LogP contribution in [0.25, 0.3) is 0 Å². The van der Waals surface area contributed by atoms with Crippen LogP contribution in [0.3, 0.4) is 0 Å². The number of nitrogens with zero attached hydrogens (tertiary/aromatic N) is 1. The summed E-state index contributed by atoms with van der Waals surface area (Å²) in [4.78, 5) is 1.29. The molecule has 0 spiro atoms. The van der Waals surface area contributed by atoms with Gasteiger partial charge in [0, 0.05) is 6.54 Å². The number of halogens is 1. The molecule has 5 heteroatoms. The van der Waals surface area contributed by atoms with E-state index in [4.69, 9.17) is 15.3 Å². The maximum atomic E-state index is 8.31. The maximum absolute atomic E-state index is 8.31. The lowest BCUT2D eigenvalue weighted by Crippen LogP contribution is -2.28. The Kier molecular flexibility index (Phi) is 10.7. The van der Waals surface area contributed by atoms with Gasteiger partial charge in [0.2, 0.25) is 0 Å². The molecule has 0 bridgehead atoms. The van der Waals surface area contributed by atoms with Crippen LogP contribution in [0.4, 0.5) is 0 Å². The first-order valence-corrected chi connectivity index (χ1v) is 2.40. The molecule has 0 aromatic carbocycles. The molecule has 0 fully saturated rings. The molecule has 0 unspecified atom stereocenters. The fourth-order valence-corrected chi connectivity index (χ4v) is 0.328. The van der Waals surface area contributed by atoms with Crippen LogP contribution >= 0.6 is 12.4 Å². The zero-order chi connectivity index (χ0) is 6.41. The normalized spacial score (nSPS) is 9.33. The monoisotopic (exact) mass is 157 g/mol. The van der Waals surface area contributed by atoms with Gasteiger partial charge in [0.25, 0.3) is 0 Å². The Hall–Kier alpha value is 0.130. The Morgan fingerprint density at radius 2 is 1.44 bits per heavy atom. The van der Waals surface area contributed by atoms with Crippen molar-refractivity contribution in [3.05, 3.63) is 0 Å². The van der Waals surface area contributed by atoms with Gasteiger partial charge in [-0.05, 0) is 0 Å². The van der Waals surface area contributed by atoms with Crippen molar-refractivity contribution in [2.24, 2.45) is 0 Å². The third kappa shape index (κ3) is 6.01. The average Bonchev–Trinajstić information content (AvgIpc) is 1.83. The molecule has 0 saturated heterocycles. The summed E-state index contributed by atoms with van der Waals surface area (Å²) in [6.07, 6.45) is 0. The number of aliphatic hydroxyl groups is 3. The van der Waals surface area contributed by atoms with Crippen LogP contribution in [0.2, 0.25) is 0 Å². The molecule has 0 heterocycles. The van der Waals surface area contributed by atoms with Crippen molar-refractivity contribution < 1.29 is 15.3 Å². The summed E-state index contributed by atoms with van der Waals surface area (Å²) >= 11 is 0. The summed E-state index contributed by atoms with van der Waals surface area (Å²) in [5.74, 6) is 0. The van der Waals surface area contributed by atoms with Gasteiger partial charge in [-0.2, -0.15) is 0 Å². The highest BCUT2D eigenvalue weighted by atomic mass is 35.5. The molecule has 0 aliphatic rings. The molecule has 0 atom stereocenters. The summed E-state index contributed by atoms with van der Waals surface area (Å²) in [6, 6.07) is 0. The van der Waals surface area contributed by atoms with Crippen LogP contribution in [0.1, 0.15) is 0 Å². The molecule has 0 radical (unpaired) electrons. The summed E-state index contributed by atoms with van der Waals surface area (Å²) in [5.41, 5.74) is 0. The van der Waals surface area contributed by atoms with E-state index in [-0.39, 0.29) is 32.5 Å². The van der Waals surface area contributed by atoms with Crippen molar-refractivity contribution in [3.8, 4) is 0 Å². The zero-order valence-corrected chi connectivity index (χ0v) is 5.84. The van der Waals surface area contributed by atoms with E-state index >= 15 is 0 Å². The Balaban J connectivity index is 0. The topological polar surface area (TPSA) is 63.9 Å². The lowest BCUT2D eigenvalue weighted by molar-refractivity contribution is 0.0184. The quantitative estimate of drug-likeness (QED) is 0.440. The van der Waals surface area contributed by atoms with E-state index in [1.54, 1.807) is 0 Å². The second-order valence-electron chi connectivity index (χ2n) is 1.40. The molecule has 3 N–H and O–H groups in total. The number of rotatable bonds is 4. The molecule has 58 valence electrons. The van der Waals surface area contributed by atoms with E-state index in [9.17, 15) is 0 Å². The van der Waals surface area contributed by atoms with E-state index in [0.29, 0.717) is 6.54 Å². The predicted octanol–water partition coefficient (Wildman–Crippen LogP) is -1.40. The lowest BCUT2D eigenvalue weighted by Gasteiger charge is -2.12. The first-order valence-electron chi connectivity index (χ1n) is 2.40. The van der Waals surface area contributed by atoms with Gasteiger partial charge < -0.3 is 15.3 Å². The van der Waals surface area contributed by atoms with Gasteiger partial charge in [-0.15, -0.1) is 12.4 Å². The van der Waals surface area contributed by atoms with Crippen molar-refractivity contribution in [2.45, 2.75) is 0 Å². The summed E-state index contributed by atoms with van der Waals surface area (Å²) in [5, 5.41) is 24.9. The largest absolute Gasteiger partial charge is 0.395 e. The van der Waals surface area contributed by atoms with Crippen LogP contribution < -0.4 is 0 Å². The summed E-state index contributed by atoms with van der Waals surface area (Å²) in [7, 11) is 0. The molecule has 0 aromatic rings. The highest BCUT2D eigenvalue weighted by Crippen LogP contribution is 1.78. The van der Waals surface area contributed by atoms with Gasteiger partial charge in [-0.25, -0.2) is 0 Å². The molecule has 0 saturated carbocycles. The zero-order valence-electron chi connectivity index (χ0n) is 5.03.